The van der Waals surface area contributed by atoms with Crippen molar-refractivity contribution in [3.05, 3.63) is 29.8 Å². The number of benzene rings is 1. The zero-order valence-corrected chi connectivity index (χ0v) is 7.91. The van der Waals surface area contributed by atoms with Gasteiger partial charge in [0, 0.05) is 0 Å². The summed E-state index contributed by atoms with van der Waals surface area (Å²) < 4.78 is 27.9. The Morgan fingerprint density at radius 2 is 1.86 bits per heavy atom. The van der Waals surface area contributed by atoms with Crippen LogP contribution in [0.5, 0.6) is 5.75 Å². The molecule has 0 aromatic heterocycles. The first kappa shape index (κ1) is 9.44. The van der Waals surface area contributed by atoms with Gasteiger partial charge in [-0.15, -0.1) is 0 Å². The van der Waals surface area contributed by atoms with Gasteiger partial charge in [0.15, 0.2) is 0 Å². The van der Waals surface area contributed by atoms with Gasteiger partial charge in [0.1, 0.15) is 5.75 Å². The van der Waals surface area contributed by atoms with Crippen LogP contribution in [0, 0.1) is 5.92 Å². The van der Waals surface area contributed by atoms with Gasteiger partial charge < -0.3 is 4.74 Å². The maximum absolute atomic E-state index is 11.8. The molecule has 0 N–H and O–H groups in total. The van der Waals surface area contributed by atoms with Gasteiger partial charge in [0.05, 0.1) is 0 Å². The van der Waals surface area contributed by atoms with Gasteiger partial charge in [0.25, 0.3) is 0 Å². The van der Waals surface area contributed by atoms with Crippen LogP contribution in [0.2, 0.25) is 0 Å². The molecule has 0 aliphatic heterocycles. The van der Waals surface area contributed by atoms with Crippen molar-refractivity contribution >= 4 is 0 Å². The molecule has 1 aromatic carbocycles. The average Bonchev–Trinajstić information content (AvgIpc) is 2.83. The molecule has 0 amide bonds. The van der Waals surface area contributed by atoms with Crippen molar-refractivity contribution in [2.45, 2.75) is 25.9 Å². The largest absolute Gasteiger partial charge is 0.435 e. The van der Waals surface area contributed by atoms with E-state index in [1.54, 1.807) is 12.1 Å². The molecule has 1 saturated carbocycles. The van der Waals surface area contributed by atoms with Crippen LogP contribution in [0.1, 0.15) is 24.8 Å². The lowest BCUT2D eigenvalue weighted by Gasteiger charge is -2.04. The van der Waals surface area contributed by atoms with E-state index in [0.29, 0.717) is 5.92 Å². The summed E-state index contributed by atoms with van der Waals surface area (Å²) in [4.78, 5) is 0. The molecule has 2 unspecified atom stereocenters. The molecule has 1 aliphatic rings. The van der Waals surface area contributed by atoms with Gasteiger partial charge in [-0.05, 0) is 36.0 Å². The minimum absolute atomic E-state index is 0.233. The molecule has 0 spiro atoms. The van der Waals surface area contributed by atoms with Gasteiger partial charge in [0.2, 0.25) is 0 Å². The monoisotopic (exact) mass is 198 g/mol. The molecule has 1 aliphatic carbocycles. The van der Waals surface area contributed by atoms with Crippen LogP contribution < -0.4 is 4.74 Å². The SMILES string of the molecule is CC1CC1c1ccc(OC(F)F)cc1. The molecule has 3 heteroatoms. The lowest BCUT2D eigenvalue weighted by atomic mass is 10.1. The van der Waals surface area contributed by atoms with Gasteiger partial charge in [-0.3, -0.25) is 0 Å². The van der Waals surface area contributed by atoms with Crippen LogP contribution in [0.25, 0.3) is 0 Å². The minimum atomic E-state index is -2.74. The fraction of sp³-hybridized carbons (Fsp3) is 0.455. The first-order chi connectivity index (χ1) is 6.66. The van der Waals surface area contributed by atoms with Crippen LogP contribution in [-0.4, -0.2) is 6.61 Å². The highest BCUT2D eigenvalue weighted by molar-refractivity contribution is 5.32. The molecule has 76 valence electrons. The molecular weight excluding hydrogens is 186 g/mol. The van der Waals surface area contributed by atoms with E-state index in [4.69, 9.17) is 0 Å². The van der Waals surface area contributed by atoms with E-state index in [1.807, 2.05) is 12.1 Å². The second-order valence-corrected chi connectivity index (χ2v) is 3.77. The highest BCUT2D eigenvalue weighted by Gasteiger charge is 2.33. The molecule has 2 rings (SSSR count). The Bertz CT molecular complexity index is 308. The molecule has 14 heavy (non-hydrogen) atoms. The molecular formula is C11H12F2O. The van der Waals surface area contributed by atoms with Crippen LogP contribution in [0.4, 0.5) is 8.78 Å². The first-order valence-electron chi connectivity index (χ1n) is 4.71. The van der Waals surface area contributed by atoms with E-state index in [2.05, 4.69) is 11.7 Å². The fourth-order valence-electron chi connectivity index (χ4n) is 1.68. The predicted octanol–water partition coefficient (Wildman–Crippen LogP) is 3.41. The van der Waals surface area contributed by atoms with Crippen LogP contribution in [-0.2, 0) is 0 Å². The van der Waals surface area contributed by atoms with E-state index in [0.717, 1.165) is 5.92 Å². The second kappa shape index (κ2) is 3.56. The van der Waals surface area contributed by atoms with Gasteiger partial charge in [-0.25, -0.2) is 0 Å². The van der Waals surface area contributed by atoms with Crippen molar-refractivity contribution in [3.8, 4) is 5.75 Å². The van der Waals surface area contributed by atoms with E-state index in [9.17, 15) is 8.78 Å². The lowest BCUT2D eigenvalue weighted by molar-refractivity contribution is -0.0498. The molecule has 0 heterocycles. The summed E-state index contributed by atoms with van der Waals surface area (Å²) in [5.41, 5.74) is 1.22. The topological polar surface area (TPSA) is 9.23 Å². The molecule has 1 nitrogen and oxygen atoms in total. The third-order valence-electron chi connectivity index (χ3n) is 2.64. The van der Waals surface area contributed by atoms with Crippen molar-refractivity contribution in [1.29, 1.82) is 0 Å². The molecule has 1 aromatic rings. The summed E-state index contributed by atoms with van der Waals surface area (Å²) in [5.74, 6) is 1.59. The number of ether oxygens (including phenoxy) is 1. The van der Waals surface area contributed by atoms with E-state index >= 15 is 0 Å². The zero-order valence-electron chi connectivity index (χ0n) is 7.91. The maximum atomic E-state index is 11.8. The standard InChI is InChI=1S/C11H12F2O/c1-7-6-10(7)8-2-4-9(5-3-8)14-11(12)13/h2-5,7,10-11H,6H2,1H3. The quantitative estimate of drug-likeness (QED) is 0.723. The third kappa shape index (κ3) is 2.03. The molecule has 0 radical (unpaired) electrons. The number of hydrogen-bond donors (Lipinski definition) is 0. The first-order valence-corrected chi connectivity index (χ1v) is 4.71. The number of alkyl halides is 2. The van der Waals surface area contributed by atoms with Gasteiger partial charge in [-0.2, -0.15) is 8.78 Å². The highest BCUT2D eigenvalue weighted by atomic mass is 19.3. The van der Waals surface area contributed by atoms with Crippen molar-refractivity contribution in [1.82, 2.24) is 0 Å². The van der Waals surface area contributed by atoms with Crippen molar-refractivity contribution in [2.75, 3.05) is 0 Å². The Kier molecular flexibility index (Phi) is 2.40. The fourth-order valence-corrected chi connectivity index (χ4v) is 1.68. The van der Waals surface area contributed by atoms with Gasteiger partial charge >= 0.3 is 6.61 Å². The highest BCUT2D eigenvalue weighted by Crippen LogP contribution is 2.47. The summed E-state index contributed by atoms with van der Waals surface area (Å²) >= 11 is 0. The van der Waals surface area contributed by atoms with Crippen molar-refractivity contribution in [2.24, 2.45) is 5.92 Å². The smallest absolute Gasteiger partial charge is 0.387 e. The van der Waals surface area contributed by atoms with Crippen LogP contribution in [0.3, 0.4) is 0 Å². The Morgan fingerprint density at radius 3 is 2.29 bits per heavy atom. The maximum Gasteiger partial charge on any atom is 0.387 e. The Balaban J connectivity index is 2.03. The molecule has 0 bridgehead atoms. The van der Waals surface area contributed by atoms with E-state index in [-0.39, 0.29) is 5.75 Å². The summed E-state index contributed by atoms with van der Waals surface area (Å²) in [6.45, 7) is -0.547. The van der Waals surface area contributed by atoms with Crippen molar-refractivity contribution in [3.63, 3.8) is 0 Å². The third-order valence-corrected chi connectivity index (χ3v) is 2.64. The summed E-state index contributed by atoms with van der Waals surface area (Å²) in [6, 6.07) is 6.94. The Labute approximate surface area is 81.7 Å². The Hall–Kier alpha value is -1.12. The van der Waals surface area contributed by atoms with Gasteiger partial charge in [-0.1, -0.05) is 19.1 Å². The van der Waals surface area contributed by atoms with Crippen LogP contribution >= 0.6 is 0 Å². The summed E-state index contributed by atoms with van der Waals surface area (Å²) in [7, 11) is 0. The minimum Gasteiger partial charge on any atom is -0.435 e. The van der Waals surface area contributed by atoms with Crippen LogP contribution in [0.15, 0.2) is 24.3 Å². The summed E-state index contributed by atoms with van der Waals surface area (Å²) in [6.07, 6.45) is 1.20. The number of rotatable bonds is 3. The van der Waals surface area contributed by atoms with Crippen molar-refractivity contribution < 1.29 is 13.5 Å². The molecule has 2 atom stereocenters. The lowest BCUT2D eigenvalue weighted by Crippen LogP contribution is -2.01. The zero-order chi connectivity index (χ0) is 10.1. The number of halogens is 2. The summed E-state index contributed by atoms with van der Waals surface area (Å²) in [5, 5.41) is 0. The van der Waals surface area contributed by atoms with E-state index < -0.39 is 6.61 Å². The predicted molar refractivity (Wildman–Crippen MR) is 49.6 cm³/mol. The number of hydrogen-bond acceptors (Lipinski definition) is 1. The normalized spacial score (nSPS) is 25.1. The second-order valence-electron chi connectivity index (χ2n) is 3.77. The molecule has 0 saturated heterocycles. The molecule has 1 fully saturated rings. The Morgan fingerprint density at radius 1 is 1.29 bits per heavy atom. The van der Waals surface area contributed by atoms with E-state index in [1.165, 1.54) is 12.0 Å². The average molecular weight is 198 g/mol.